The molecule has 0 radical (unpaired) electrons. The Morgan fingerprint density at radius 2 is 2.24 bits per heavy atom. The summed E-state index contributed by atoms with van der Waals surface area (Å²) in [4.78, 5) is 28.3. The summed E-state index contributed by atoms with van der Waals surface area (Å²) < 4.78 is 6.45. The molecular formula is C20H23N5O3S. The van der Waals surface area contributed by atoms with Crippen molar-refractivity contribution in [3.05, 3.63) is 41.0 Å². The molecule has 0 bridgehead atoms. The molecule has 1 aromatic carbocycles. The van der Waals surface area contributed by atoms with Crippen LogP contribution in [0.3, 0.4) is 0 Å². The number of ether oxygens (including phenoxy) is 1. The summed E-state index contributed by atoms with van der Waals surface area (Å²) >= 11 is 1.54. The van der Waals surface area contributed by atoms with E-state index in [0.29, 0.717) is 12.4 Å². The van der Waals surface area contributed by atoms with Gasteiger partial charge in [-0.3, -0.25) is 9.89 Å². The molecule has 2 heterocycles. The minimum Gasteiger partial charge on any atom is -0.446 e. The zero-order chi connectivity index (χ0) is 20.2. The van der Waals surface area contributed by atoms with Crippen molar-refractivity contribution in [3.63, 3.8) is 0 Å². The minimum absolute atomic E-state index is 0.0900. The van der Waals surface area contributed by atoms with E-state index in [1.807, 2.05) is 31.2 Å². The SMILES string of the molecule is CCNC(=O)OC1CCC(c2cc(NC(=O)Cc3cccc4ncsc34)n[nH]2)C1. The Kier molecular flexibility index (Phi) is 5.75. The predicted octanol–water partition coefficient (Wildman–Crippen LogP) is 3.58. The van der Waals surface area contributed by atoms with Crippen molar-refractivity contribution in [2.75, 3.05) is 11.9 Å². The molecule has 2 amide bonds. The van der Waals surface area contributed by atoms with Crippen LogP contribution in [-0.4, -0.2) is 39.8 Å². The van der Waals surface area contributed by atoms with Crippen LogP contribution in [-0.2, 0) is 16.0 Å². The fraction of sp³-hybridized carbons (Fsp3) is 0.400. The Morgan fingerprint density at radius 3 is 3.10 bits per heavy atom. The van der Waals surface area contributed by atoms with Crippen LogP contribution in [0.1, 0.15) is 43.4 Å². The number of nitrogens with one attached hydrogen (secondary N) is 3. The fourth-order valence-electron chi connectivity index (χ4n) is 3.72. The lowest BCUT2D eigenvalue weighted by molar-refractivity contribution is -0.115. The number of rotatable bonds is 6. The van der Waals surface area contributed by atoms with Crippen LogP contribution in [0.4, 0.5) is 10.6 Å². The third kappa shape index (κ3) is 4.56. The molecule has 29 heavy (non-hydrogen) atoms. The highest BCUT2D eigenvalue weighted by atomic mass is 32.1. The van der Waals surface area contributed by atoms with Gasteiger partial charge in [0.2, 0.25) is 5.91 Å². The highest BCUT2D eigenvalue weighted by Crippen LogP contribution is 2.35. The Labute approximate surface area is 172 Å². The van der Waals surface area contributed by atoms with Crippen LogP contribution in [0.2, 0.25) is 0 Å². The molecule has 1 saturated carbocycles. The largest absolute Gasteiger partial charge is 0.446 e. The van der Waals surface area contributed by atoms with Crippen molar-refractivity contribution in [3.8, 4) is 0 Å². The molecule has 1 aliphatic rings. The van der Waals surface area contributed by atoms with Crippen molar-refractivity contribution in [2.45, 2.75) is 44.6 Å². The number of aromatic amines is 1. The van der Waals surface area contributed by atoms with Gasteiger partial charge in [-0.2, -0.15) is 5.10 Å². The summed E-state index contributed by atoms with van der Waals surface area (Å²) in [5.41, 5.74) is 4.61. The molecule has 152 valence electrons. The normalized spacial score (nSPS) is 18.7. The van der Waals surface area contributed by atoms with Gasteiger partial charge < -0.3 is 15.4 Å². The average Bonchev–Trinajstić information content (AvgIpc) is 3.42. The standard InChI is InChI=1S/C20H23N5O3S/c1-2-21-20(27)28-14-7-6-12(8-14)16-10-17(25-24-16)23-18(26)9-13-4-3-5-15-19(13)29-11-22-15/h3-5,10-12,14H,2,6-9H2,1H3,(H,21,27)(H2,23,24,25,26). The molecule has 8 nitrogen and oxygen atoms in total. The van der Waals surface area contributed by atoms with E-state index in [2.05, 4.69) is 25.8 Å². The molecule has 0 saturated heterocycles. The second-order valence-electron chi connectivity index (χ2n) is 7.12. The lowest BCUT2D eigenvalue weighted by atomic mass is 10.0. The van der Waals surface area contributed by atoms with Crippen LogP contribution in [0, 0.1) is 0 Å². The van der Waals surface area contributed by atoms with E-state index in [1.165, 1.54) is 11.3 Å². The van der Waals surface area contributed by atoms with E-state index >= 15 is 0 Å². The smallest absolute Gasteiger partial charge is 0.407 e. The molecule has 0 aliphatic heterocycles. The number of fused-ring (bicyclic) bond motifs is 1. The number of carbonyl (C=O) groups excluding carboxylic acids is 2. The van der Waals surface area contributed by atoms with Gasteiger partial charge in [-0.15, -0.1) is 11.3 Å². The van der Waals surface area contributed by atoms with Gasteiger partial charge in [0.15, 0.2) is 5.82 Å². The van der Waals surface area contributed by atoms with Crippen molar-refractivity contribution in [1.82, 2.24) is 20.5 Å². The third-order valence-corrected chi connectivity index (χ3v) is 5.99. The molecule has 1 aliphatic carbocycles. The maximum atomic E-state index is 12.5. The van der Waals surface area contributed by atoms with E-state index in [0.717, 1.165) is 40.7 Å². The van der Waals surface area contributed by atoms with Crippen molar-refractivity contribution in [2.24, 2.45) is 0 Å². The van der Waals surface area contributed by atoms with Crippen LogP contribution < -0.4 is 10.6 Å². The zero-order valence-corrected chi connectivity index (χ0v) is 16.9. The van der Waals surface area contributed by atoms with Crippen LogP contribution in [0.25, 0.3) is 10.2 Å². The quantitative estimate of drug-likeness (QED) is 0.572. The second-order valence-corrected chi connectivity index (χ2v) is 7.97. The van der Waals surface area contributed by atoms with E-state index in [4.69, 9.17) is 4.74 Å². The van der Waals surface area contributed by atoms with Gasteiger partial charge in [0.1, 0.15) is 6.10 Å². The Bertz CT molecular complexity index is 1010. The van der Waals surface area contributed by atoms with Gasteiger partial charge in [-0.25, -0.2) is 9.78 Å². The highest BCUT2D eigenvalue weighted by Gasteiger charge is 2.29. The molecule has 0 spiro atoms. The first kappa shape index (κ1) is 19.4. The molecule has 2 atom stereocenters. The van der Waals surface area contributed by atoms with Crippen molar-refractivity contribution < 1.29 is 14.3 Å². The number of H-pyrrole nitrogens is 1. The van der Waals surface area contributed by atoms with E-state index in [1.54, 1.807) is 5.51 Å². The maximum absolute atomic E-state index is 12.5. The number of hydrogen-bond donors (Lipinski definition) is 3. The zero-order valence-electron chi connectivity index (χ0n) is 16.1. The van der Waals surface area contributed by atoms with Gasteiger partial charge in [0.25, 0.3) is 0 Å². The van der Waals surface area contributed by atoms with Gasteiger partial charge in [-0.1, -0.05) is 12.1 Å². The first-order chi connectivity index (χ1) is 14.1. The first-order valence-electron chi connectivity index (χ1n) is 9.73. The summed E-state index contributed by atoms with van der Waals surface area (Å²) in [5.74, 6) is 0.626. The molecule has 9 heteroatoms. The Hall–Kier alpha value is -2.94. The topological polar surface area (TPSA) is 109 Å². The number of aromatic nitrogens is 3. The average molecular weight is 414 g/mol. The number of nitrogens with zero attached hydrogens (tertiary/aromatic N) is 2. The van der Waals surface area contributed by atoms with E-state index in [9.17, 15) is 9.59 Å². The third-order valence-electron chi connectivity index (χ3n) is 5.07. The Balaban J connectivity index is 1.33. The van der Waals surface area contributed by atoms with Gasteiger partial charge in [0.05, 0.1) is 22.1 Å². The predicted molar refractivity (Wildman–Crippen MR) is 111 cm³/mol. The summed E-state index contributed by atoms with van der Waals surface area (Å²) in [6, 6.07) is 7.67. The highest BCUT2D eigenvalue weighted by molar-refractivity contribution is 7.17. The molecular weight excluding hydrogens is 390 g/mol. The summed E-state index contributed by atoms with van der Waals surface area (Å²) in [6.45, 7) is 2.41. The monoisotopic (exact) mass is 413 g/mol. The molecule has 3 aromatic rings. The number of alkyl carbamates (subject to hydrolysis) is 1. The van der Waals surface area contributed by atoms with Crippen molar-refractivity contribution in [1.29, 1.82) is 0 Å². The van der Waals surface area contributed by atoms with Crippen molar-refractivity contribution >= 4 is 39.4 Å². The summed E-state index contributed by atoms with van der Waals surface area (Å²) in [7, 11) is 0. The van der Waals surface area contributed by atoms with Gasteiger partial charge in [-0.05, 0) is 37.8 Å². The number of carbonyl (C=O) groups is 2. The molecule has 1 fully saturated rings. The maximum Gasteiger partial charge on any atom is 0.407 e. The van der Waals surface area contributed by atoms with Gasteiger partial charge >= 0.3 is 6.09 Å². The molecule has 4 rings (SSSR count). The van der Waals surface area contributed by atoms with E-state index in [-0.39, 0.29) is 30.4 Å². The van der Waals surface area contributed by atoms with Crippen LogP contribution in [0.5, 0.6) is 0 Å². The van der Waals surface area contributed by atoms with Crippen LogP contribution in [0.15, 0.2) is 29.8 Å². The lowest BCUT2D eigenvalue weighted by Gasteiger charge is -2.12. The molecule has 3 N–H and O–H groups in total. The number of hydrogen-bond acceptors (Lipinski definition) is 6. The van der Waals surface area contributed by atoms with E-state index < -0.39 is 0 Å². The second kappa shape index (κ2) is 8.60. The molecule has 2 aromatic heterocycles. The fourth-order valence-corrected chi connectivity index (χ4v) is 4.53. The minimum atomic E-state index is -0.369. The summed E-state index contributed by atoms with van der Waals surface area (Å²) in [6.07, 6.45) is 2.29. The number of thiazole rings is 1. The number of benzene rings is 1. The Morgan fingerprint density at radius 1 is 1.34 bits per heavy atom. The van der Waals surface area contributed by atoms with Gasteiger partial charge in [0, 0.05) is 24.2 Å². The molecule has 2 unspecified atom stereocenters. The summed E-state index contributed by atoms with van der Waals surface area (Å²) in [5, 5.41) is 12.7. The first-order valence-corrected chi connectivity index (χ1v) is 10.6. The van der Waals surface area contributed by atoms with Crippen LogP contribution >= 0.6 is 11.3 Å². The number of amides is 2. The lowest BCUT2D eigenvalue weighted by Crippen LogP contribution is -2.27. The number of anilines is 1.